The van der Waals surface area contributed by atoms with Crippen molar-refractivity contribution in [2.24, 2.45) is 0 Å². The van der Waals surface area contributed by atoms with Crippen LogP contribution in [0.3, 0.4) is 0 Å². The summed E-state index contributed by atoms with van der Waals surface area (Å²) >= 11 is 3.24. The van der Waals surface area contributed by atoms with Crippen LogP contribution < -0.4 is 5.73 Å². The van der Waals surface area contributed by atoms with Crippen molar-refractivity contribution in [2.75, 3.05) is 5.73 Å². The fourth-order valence-electron chi connectivity index (χ4n) is 0.996. The van der Waals surface area contributed by atoms with Gasteiger partial charge in [0, 0.05) is 10.2 Å². The molecule has 0 aliphatic rings. The van der Waals surface area contributed by atoms with Gasteiger partial charge >= 0.3 is 0 Å². The smallest absolute Gasteiger partial charge is 0.126 e. The number of rotatable bonds is 1. The Labute approximate surface area is 73.5 Å². The second-order valence-electron chi connectivity index (χ2n) is 2.31. The van der Waals surface area contributed by atoms with Crippen LogP contribution in [0.4, 0.5) is 10.1 Å². The number of anilines is 1. The van der Waals surface area contributed by atoms with E-state index in [1.165, 1.54) is 12.1 Å². The Kier molecular flexibility index (Phi) is 2.49. The molecule has 0 saturated heterocycles. The molecule has 1 aromatic rings. The van der Waals surface area contributed by atoms with Crippen molar-refractivity contribution in [3.63, 3.8) is 0 Å². The Balaban J connectivity index is 3.25. The SMILES string of the molecule is CCc1c(N)cc(F)cc1Br. The van der Waals surface area contributed by atoms with Crippen LogP contribution in [0.15, 0.2) is 16.6 Å². The van der Waals surface area contributed by atoms with E-state index in [9.17, 15) is 4.39 Å². The van der Waals surface area contributed by atoms with E-state index in [-0.39, 0.29) is 5.82 Å². The number of hydrogen-bond acceptors (Lipinski definition) is 1. The van der Waals surface area contributed by atoms with Gasteiger partial charge in [-0.15, -0.1) is 0 Å². The first-order valence-corrected chi connectivity index (χ1v) is 4.17. The molecule has 60 valence electrons. The van der Waals surface area contributed by atoms with Gasteiger partial charge in [-0.1, -0.05) is 22.9 Å². The molecule has 0 heterocycles. The average molecular weight is 218 g/mol. The van der Waals surface area contributed by atoms with Gasteiger partial charge < -0.3 is 5.73 Å². The molecule has 0 saturated carbocycles. The van der Waals surface area contributed by atoms with E-state index < -0.39 is 0 Å². The third-order valence-electron chi connectivity index (χ3n) is 1.55. The van der Waals surface area contributed by atoms with Crippen LogP contribution >= 0.6 is 15.9 Å². The van der Waals surface area contributed by atoms with Crippen LogP contribution in [-0.2, 0) is 6.42 Å². The third-order valence-corrected chi connectivity index (χ3v) is 2.26. The normalized spacial score (nSPS) is 10.1. The van der Waals surface area contributed by atoms with Crippen LogP contribution in [0.2, 0.25) is 0 Å². The Hall–Kier alpha value is -0.570. The van der Waals surface area contributed by atoms with Crippen LogP contribution in [0, 0.1) is 5.82 Å². The molecule has 0 aliphatic heterocycles. The lowest BCUT2D eigenvalue weighted by molar-refractivity contribution is 0.627. The molecular formula is C8H9BrFN. The Morgan fingerprint density at radius 3 is 2.64 bits per heavy atom. The molecule has 2 N–H and O–H groups in total. The van der Waals surface area contributed by atoms with E-state index in [4.69, 9.17) is 5.73 Å². The fourth-order valence-corrected chi connectivity index (χ4v) is 1.72. The molecule has 0 aliphatic carbocycles. The maximum absolute atomic E-state index is 12.6. The average Bonchev–Trinajstić information content (AvgIpc) is 1.85. The van der Waals surface area contributed by atoms with Gasteiger partial charge in [0.05, 0.1) is 0 Å². The zero-order valence-corrected chi connectivity index (χ0v) is 7.78. The summed E-state index contributed by atoms with van der Waals surface area (Å²) in [7, 11) is 0. The highest BCUT2D eigenvalue weighted by Gasteiger charge is 2.03. The lowest BCUT2D eigenvalue weighted by Gasteiger charge is -2.04. The Morgan fingerprint density at radius 2 is 2.18 bits per heavy atom. The standard InChI is InChI=1S/C8H9BrFN/c1-2-6-7(9)3-5(10)4-8(6)11/h3-4H,2,11H2,1H3. The number of hydrogen-bond donors (Lipinski definition) is 1. The summed E-state index contributed by atoms with van der Waals surface area (Å²) in [4.78, 5) is 0. The molecule has 0 bridgehead atoms. The maximum Gasteiger partial charge on any atom is 0.126 e. The molecule has 11 heavy (non-hydrogen) atoms. The topological polar surface area (TPSA) is 26.0 Å². The van der Waals surface area contributed by atoms with Crippen molar-refractivity contribution in [1.29, 1.82) is 0 Å². The van der Waals surface area contributed by atoms with Crippen LogP contribution in [0.1, 0.15) is 12.5 Å². The monoisotopic (exact) mass is 217 g/mol. The van der Waals surface area contributed by atoms with Gasteiger partial charge in [-0.05, 0) is 24.1 Å². The van der Waals surface area contributed by atoms with Gasteiger partial charge in [0.15, 0.2) is 0 Å². The molecule has 0 aromatic heterocycles. The van der Waals surface area contributed by atoms with Crippen molar-refractivity contribution in [3.05, 3.63) is 28.0 Å². The van der Waals surface area contributed by atoms with E-state index in [0.717, 1.165) is 16.5 Å². The summed E-state index contributed by atoms with van der Waals surface area (Å²) in [6, 6.07) is 2.76. The molecule has 0 amide bonds. The number of halogens is 2. The first kappa shape index (κ1) is 8.53. The van der Waals surface area contributed by atoms with Crippen LogP contribution in [0.25, 0.3) is 0 Å². The fraction of sp³-hybridized carbons (Fsp3) is 0.250. The number of nitrogen functional groups attached to an aromatic ring is 1. The lowest BCUT2D eigenvalue weighted by atomic mass is 10.1. The molecular weight excluding hydrogens is 209 g/mol. The molecule has 1 aromatic carbocycles. The van der Waals surface area contributed by atoms with Gasteiger partial charge in [-0.2, -0.15) is 0 Å². The van der Waals surface area contributed by atoms with Crippen molar-refractivity contribution < 1.29 is 4.39 Å². The van der Waals surface area contributed by atoms with E-state index in [2.05, 4.69) is 15.9 Å². The van der Waals surface area contributed by atoms with Crippen molar-refractivity contribution in [2.45, 2.75) is 13.3 Å². The van der Waals surface area contributed by atoms with E-state index >= 15 is 0 Å². The summed E-state index contributed by atoms with van der Waals surface area (Å²) in [5.74, 6) is -0.299. The largest absolute Gasteiger partial charge is 0.398 e. The van der Waals surface area contributed by atoms with Gasteiger partial charge in [-0.3, -0.25) is 0 Å². The minimum atomic E-state index is -0.299. The highest BCUT2D eigenvalue weighted by molar-refractivity contribution is 9.10. The van der Waals surface area contributed by atoms with Crippen LogP contribution in [-0.4, -0.2) is 0 Å². The van der Waals surface area contributed by atoms with Crippen molar-refractivity contribution in [1.82, 2.24) is 0 Å². The van der Waals surface area contributed by atoms with E-state index in [1.54, 1.807) is 0 Å². The van der Waals surface area contributed by atoms with Gasteiger partial charge in [0.25, 0.3) is 0 Å². The molecule has 0 unspecified atom stereocenters. The molecule has 3 heteroatoms. The summed E-state index contributed by atoms with van der Waals surface area (Å²) in [6.07, 6.45) is 0.812. The maximum atomic E-state index is 12.6. The molecule has 0 fully saturated rings. The first-order chi connectivity index (χ1) is 5.15. The molecule has 0 spiro atoms. The number of nitrogens with two attached hydrogens (primary N) is 1. The summed E-state index contributed by atoms with van der Waals surface area (Å²) in [5.41, 5.74) is 7.04. The summed E-state index contributed by atoms with van der Waals surface area (Å²) in [5, 5.41) is 0. The quantitative estimate of drug-likeness (QED) is 0.720. The highest BCUT2D eigenvalue weighted by atomic mass is 79.9. The minimum Gasteiger partial charge on any atom is -0.398 e. The zero-order valence-electron chi connectivity index (χ0n) is 6.20. The van der Waals surface area contributed by atoms with Crippen LogP contribution in [0.5, 0.6) is 0 Å². The molecule has 1 nitrogen and oxygen atoms in total. The summed E-state index contributed by atoms with van der Waals surface area (Å²) in [6.45, 7) is 1.98. The Morgan fingerprint density at radius 1 is 1.55 bits per heavy atom. The van der Waals surface area contributed by atoms with Crippen molar-refractivity contribution >= 4 is 21.6 Å². The molecule has 0 atom stereocenters. The lowest BCUT2D eigenvalue weighted by Crippen LogP contribution is -1.95. The van der Waals surface area contributed by atoms with E-state index in [0.29, 0.717) is 5.69 Å². The van der Waals surface area contributed by atoms with Gasteiger partial charge in [0.1, 0.15) is 5.82 Å². The second-order valence-corrected chi connectivity index (χ2v) is 3.16. The summed E-state index contributed by atoms with van der Waals surface area (Å²) < 4.78 is 13.4. The molecule has 1 rings (SSSR count). The van der Waals surface area contributed by atoms with Crippen molar-refractivity contribution in [3.8, 4) is 0 Å². The molecule has 0 radical (unpaired) electrons. The number of benzene rings is 1. The van der Waals surface area contributed by atoms with Gasteiger partial charge in [-0.25, -0.2) is 4.39 Å². The first-order valence-electron chi connectivity index (χ1n) is 3.38. The minimum absolute atomic E-state index is 0.299. The predicted molar refractivity (Wildman–Crippen MR) is 47.9 cm³/mol. The third kappa shape index (κ3) is 1.71. The highest BCUT2D eigenvalue weighted by Crippen LogP contribution is 2.24. The van der Waals surface area contributed by atoms with Gasteiger partial charge in [0.2, 0.25) is 0 Å². The Bertz CT molecular complexity index is 250. The predicted octanol–water partition coefficient (Wildman–Crippen LogP) is 2.73. The van der Waals surface area contributed by atoms with E-state index in [1.807, 2.05) is 6.92 Å². The second kappa shape index (κ2) is 3.22. The zero-order chi connectivity index (χ0) is 8.43.